The van der Waals surface area contributed by atoms with Gasteiger partial charge in [-0.05, 0) is 54.7 Å². The van der Waals surface area contributed by atoms with Gasteiger partial charge in [-0.15, -0.1) is 11.6 Å². The monoisotopic (exact) mass is 345 g/mol. The van der Waals surface area contributed by atoms with E-state index in [0.29, 0.717) is 5.75 Å². The molecule has 24 heavy (non-hydrogen) atoms. The molecule has 0 fully saturated rings. The van der Waals surface area contributed by atoms with Crippen LogP contribution in [0.1, 0.15) is 39.2 Å². The van der Waals surface area contributed by atoms with Gasteiger partial charge in [-0.25, -0.2) is 0 Å². The maximum absolute atomic E-state index is 11.9. The zero-order valence-corrected chi connectivity index (χ0v) is 15.2. The minimum absolute atomic E-state index is 0.0360. The van der Waals surface area contributed by atoms with Crippen LogP contribution < -0.4 is 4.74 Å². The van der Waals surface area contributed by atoms with E-state index in [1.807, 2.05) is 38.2 Å². The van der Waals surface area contributed by atoms with Crippen molar-refractivity contribution in [3.8, 4) is 17.0 Å². The molecule has 4 heteroatoms. The second-order valence-corrected chi connectivity index (χ2v) is 6.72. The number of halogens is 1. The maximum atomic E-state index is 11.9. The fraction of sp³-hybridized carbons (Fsp3) is 0.400. The number of rotatable bonds is 7. The Labute approximate surface area is 149 Å². The van der Waals surface area contributed by atoms with Crippen LogP contribution in [-0.2, 0) is 11.2 Å². The summed E-state index contributed by atoms with van der Waals surface area (Å²) in [6.45, 7) is 5.96. The molecular weight excluding hydrogens is 322 g/mol. The number of ether oxygens (including phenoxy) is 1. The number of carbonyl (C=O) groups is 1. The molecule has 1 unspecified atom stereocenters. The number of alkyl halides is 1. The summed E-state index contributed by atoms with van der Waals surface area (Å²) in [7, 11) is 0. The first-order chi connectivity index (χ1) is 11.5. The Morgan fingerprint density at radius 2 is 1.88 bits per heavy atom. The zero-order valence-electron chi connectivity index (χ0n) is 14.5. The normalized spacial score (nSPS) is 12.2. The van der Waals surface area contributed by atoms with Crippen molar-refractivity contribution in [1.82, 2.24) is 4.98 Å². The number of hydrogen-bond donors (Lipinski definition) is 0. The number of hydrogen-bond acceptors (Lipinski definition) is 3. The van der Waals surface area contributed by atoms with Crippen LogP contribution in [-0.4, -0.2) is 16.3 Å². The fourth-order valence-electron chi connectivity index (χ4n) is 2.26. The molecule has 1 aromatic carbocycles. The van der Waals surface area contributed by atoms with Gasteiger partial charge in [-0.1, -0.05) is 33.3 Å². The molecule has 0 aliphatic rings. The number of esters is 1. The second kappa shape index (κ2) is 8.84. The van der Waals surface area contributed by atoms with Crippen LogP contribution in [0.15, 0.2) is 42.6 Å². The highest BCUT2D eigenvalue weighted by Crippen LogP contribution is 2.22. The Morgan fingerprint density at radius 3 is 2.42 bits per heavy atom. The number of unbranched alkanes of at least 4 members (excludes halogenated alkanes) is 1. The summed E-state index contributed by atoms with van der Waals surface area (Å²) >= 11 is 6.01. The van der Waals surface area contributed by atoms with Crippen molar-refractivity contribution in [3.63, 3.8) is 0 Å². The van der Waals surface area contributed by atoms with Crippen molar-refractivity contribution >= 4 is 17.6 Å². The van der Waals surface area contributed by atoms with Gasteiger partial charge < -0.3 is 4.74 Å². The molecule has 128 valence electrons. The number of carbonyl (C=O) groups excluding carboxylic acids is 1. The van der Waals surface area contributed by atoms with Crippen molar-refractivity contribution in [2.24, 2.45) is 5.92 Å². The standard InChI is InChI=1S/C20H24ClNO2/c1-4-5-6-15-7-12-18(22-13-15)16-8-10-17(11-9-16)24-20(23)19(21)14(2)3/h7-14,19H,4-6H2,1-3H3. The molecule has 0 saturated heterocycles. The van der Waals surface area contributed by atoms with E-state index in [2.05, 4.69) is 18.0 Å². The highest BCUT2D eigenvalue weighted by atomic mass is 35.5. The van der Waals surface area contributed by atoms with E-state index in [1.165, 1.54) is 18.4 Å². The predicted octanol–water partition coefficient (Wildman–Crippen LogP) is 5.26. The molecule has 2 aromatic rings. The first-order valence-corrected chi connectivity index (χ1v) is 8.86. The van der Waals surface area contributed by atoms with E-state index >= 15 is 0 Å². The van der Waals surface area contributed by atoms with Gasteiger partial charge in [0.1, 0.15) is 11.1 Å². The molecule has 0 radical (unpaired) electrons. The van der Waals surface area contributed by atoms with E-state index in [9.17, 15) is 4.79 Å². The summed E-state index contributed by atoms with van der Waals surface area (Å²) in [4.78, 5) is 16.4. The third-order valence-electron chi connectivity index (χ3n) is 3.82. The van der Waals surface area contributed by atoms with Gasteiger partial charge in [0.2, 0.25) is 0 Å². The van der Waals surface area contributed by atoms with E-state index < -0.39 is 11.3 Å². The minimum Gasteiger partial charge on any atom is -0.425 e. The van der Waals surface area contributed by atoms with Crippen LogP contribution in [0, 0.1) is 5.92 Å². The molecular formula is C20H24ClNO2. The molecule has 2 rings (SSSR count). The first-order valence-electron chi connectivity index (χ1n) is 8.42. The quantitative estimate of drug-likeness (QED) is 0.390. The first kappa shape index (κ1) is 18.5. The van der Waals surface area contributed by atoms with Gasteiger partial charge in [0, 0.05) is 11.8 Å². The predicted molar refractivity (Wildman–Crippen MR) is 98.4 cm³/mol. The van der Waals surface area contributed by atoms with Gasteiger partial charge in [0.15, 0.2) is 0 Å². The van der Waals surface area contributed by atoms with E-state index in [1.54, 1.807) is 12.1 Å². The summed E-state index contributed by atoms with van der Waals surface area (Å²) in [6.07, 6.45) is 5.36. The molecule has 0 aliphatic carbocycles. The van der Waals surface area contributed by atoms with Crippen LogP contribution in [0.5, 0.6) is 5.75 Å². The van der Waals surface area contributed by atoms with Gasteiger partial charge in [0.05, 0.1) is 5.69 Å². The summed E-state index contributed by atoms with van der Waals surface area (Å²) in [6, 6.07) is 11.5. The summed E-state index contributed by atoms with van der Waals surface area (Å²) in [5.74, 6) is 0.112. The highest BCUT2D eigenvalue weighted by Gasteiger charge is 2.21. The third-order valence-corrected chi connectivity index (χ3v) is 4.50. The second-order valence-electron chi connectivity index (χ2n) is 6.25. The van der Waals surface area contributed by atoms with Crippen molar-refractivity contribution in [2.75, 3.05) is 0 Å². The average molecular weight is 346 g/mol. The Morgan fingerprint density at radius 1 is 1.17 bits per heavy atom. The largest absolute Gasteiger partial charge is 0.425 e. The van der Waals surface area contributed by atoms with Crippen LogP contribution in [0.2, 0.25) is 0 Å². The lowest BCUT2D eigenvalue weighted by atomic mass is 10.1. The lowest BCUT2D eigenvalue weighted by Crippen LogP contribution is -2.25. The lowest BCUT2D eigenvalue weighted by molar-refractivity contribution is -0.134. The van der Waals surface area contributed by atoms with Crippen molar-refractivity contribution in [3.05, 3.63) is 48.2 Å². The molecule has 1 atom stereocenters. The highest BCUT2D eigenvalue weighted by molar-refractivity contribution is 6.30. The average Bonchev–Trinajstić information content (AvgIpc) is 2.60. The van der Waals surface area contributed by atoms with Crippen LogP contribution >= 0.6 is 11.6 Å². The smallest absolute Gasteiger partial charge is 0.329 e. The number of aryl methyl sites for hydroxylation is 1. The summed E-state index contributed by atoms with van der Waals surface area (Å²) in [5.41, 5.74) is 3.15. The fourth-order valence-corrected chi connectivity index (χ4v) is 2.31. The van der Waals surface area contributed by atoms with E-state index in [-0.39, 0.29) is 5.92 Å². The summed E-state index contributed by atoms with van der Waals surface area (Å²) < 4.78 is 5.30. The maximum Gasteiger partial charge on any atom is 0.329 e. The molecule has 0 spiro atoms. The van der Waals surface area contributed by atoms with Gasteiger partial charge in [0.25, 0.3) is 0 Å². The Balaban J connectivity index is 2.02. The molecule has 0 amide bonds. The van der Waals surface area contributed by atoms with Gasteiger partial charge in [-0.3, -0.25) is 9.78 Å². The Hall–Kier alpha value is -1.87. The van der Waals surface area contributed by atoms with E-state index in [4.69, 9.17) is 16.3 Å². The minimum atomic E-state index is -0.637. The van der Waals surface area contributed by atoms with Crippen LogP contribution in [0.25, 0.3) is 11.3 Å². The number of pyridine rings is 1. The zero-order chi connectivity index (χ0) is 17.5. The molecule has 3 nitrogen and oxygen atoms in total. The molecule has 0 N–H and O–H groups in total. The number of benzene rings is 1. The van der Waals surface area contributed by atoms with Crippen molar-refractivity contribution in [2.45, 2.75) is 45.4 Å². The van der Waals surface area contributed by atoms with Crippen molar-refractivity contribution < 1.29 is 9.53 Å². The lowest BCUT2D eigenvalue weighted by Gasteiger charge is -2.12. The Kier molecular flexibility index (Phi) is 6.80. The third kappa shape index (κ3) is 5.07. The van der Waals surface area contributed by atoms with Crippen LogP contribution in [0.3, 0.4) is 0 Å². The van der Waals surface area contributed by atoms with Gasteiger partial charge >= 0.3 is 5.97 Å². The van der Waals surface area contributed by atoms with Gasteiger partial charge in [-0.2, -0.15) is 0 Å². The summed E-state index contributed by atoms with van der Waals surface area (Å²) in [5, 5.41) is -0.637. The SMILES string of the molecule is CCCCc1ccc(-c2ccc(OC(=O)C(Cl)C(C)C)cc2)nc1. The van der Waals surface area contributed by atoms with E-state index in [0.717, 1.165) is 17.7 Å². The number of aromatic nitrogens is 1. The number of nitrogens with zero attached hydrogens (tertiary/aromatic N) is 1. The molecule has 0 bridgehead atoms. The Bertz CT molecular complexity index is 650. The molecule has 1 heterocycles. The molecule has 0 saturated carbocycles. The molecule has 1 aromatic heterocycles. The van der Waals surface area contributed by atoms with Crippen molar-refractivity contribution in [1.29, 1.82) is 0 Å². The topological polar surface area (TPSA) is 39.2 Å². The molecule has 0 aliphatic heterocycles. The van der Waals surface area contributed by atoms with Crippen LogP contribution in [0.4, 0.5) is 0 Å².